The van der Waals surface area contributed by atoms with Gasteiger partial charge in [-0.25, -0.2) is 4.79 Å². The van der Waals surface area contributed by atoms with Crippen molar-refractivity contribution in [1.82, 2.24) is 4.90 Å². The number of hydrogen-bond acceptors (Lipinski definition) is 4. The zero-order valence-electron chi connectivity index (χ0n) is 13.7. The maximum atomic E-state index is 12.1. The smallest absolute Gasteiger partial charge is 0.410 e. The molecule has 23 heavy (non-hydrogen) atoms. The van der Waals surface area contributed by atoms with Crippen molar-refractivity contribution in [2.24, 2.45) is 0 Å². The molecule has 0 radical (unpaired) electrons. The highest BCUT2D eigenvalue weighted by atomic mass is 32.2. The number of benzene rings is 1. The van der Waals surface area contributed by atoms with Gasteiger partial charge in [-0.05, 0) is 51.0 Å². The summed E-state index contributed by atoms with van der Waals surface area (Å²) >= 11 is 1.77. The van der Waals surface area contributed by atoms with Gasteiger partial charge in [0, 0.05) is 28.9 Å². The second-order valence-corrected chi connectivity index (χ2v) is 8.37. The van der Waals surface area contributed by atoms with Crippen molar-refractivity contribution in [3.63, 3.8) is 0 Å². The van der Waals surface area contributed by atoms with E-state index < -0.39 is 5.60 Å². The molecular formula is C17H22N2O3S. The lowest BCUT2D eigenvalue weighted by Gasteiger charge is -2.24. The van der Waals surface area contributed by atoms with Crippen molar-refractivity contribution in [3.8, 4) is 0 Å². The molecule has 0 aromatic heterocycles. The first-order valence-electron chi connectivity index (χ1n) is 7.87. The number of anilines is 1. The van der Waals surface area contributed by atoms with Crippen LogP contribution in [0.3, 0.4) is 0 Å². The monoisotopic (exact) mass is 334 g/mol. The Hall–Kier alpha value is -1.69. The van der Waals surface area contributed by atoms with Crippen molar-refractivity contribution >= 4 is 29.4 Å². The van der Waals surface area contributed by atoms with Crippen LogP contribution in [-0.4, -0.2) is 40.8 Å². The number of nitrogens with zero attached hydrogens (tertiary/aromatic N) is 1. The summed E-state index contributed by atoms with van der Waals surface area (Å²) < 4.78 is 5.42. The third kappa shape index (κ3) is 3.99. The first-order valence-corrected chi connectivity index (χ1v) is 8.75. The van der Waals surface area contributed by atoms with E-state index in [4.69, 9.17) is 4.74 Å². The van der Waals surface area contributed by atoms with E-state index in [1.54, 1.807) is 16.7 Å². The molecule has 1 unspecified atom stereocenters. The zero-order valence-corrected chi connectivity index (χ0v) is 14.5. The van der Waals surface area contributed by atoms with Gasteiger partial charge in [-0.3, -0.25) is 4.79 Å². The molecule has 0 aliphatic carbocycles. The number of thioether (sulfide) groups is 1. The summed E-state index contributed by atoms with van der Waals surface area (Å²) in [6.07, 6.45) is 1.18. The molecule has 1 atom stereocenters. The van der Waals surface area contributed by atoms with Gasteiger partial charge < -0.3 is 15.0 Å². The van der Waals surface area contributed by atoms with Crippen molar-refractivity contribution < 1.29 is 14.3 Å². The van der Waals surface area contributed by atoms with Gasteiger partial charge in [0.15, 0.2) is 0 Å². The maximum Gasteiger partial charge on any atom is 0.410 e. The first kappa shape index (κ1) is 16.2. The molecule has 1 aromatic rings. The van der Waals surface area contributed by atoms with Crippen LogP contribution in [0, 0.1) is 0 Å². The van der Waals surface area contributed by atoms with Gasteiger partial charge in [0.25, 0.3) is 0 Å². The van der Waals surface area contributed by atoms with E-state index in [0.717, 1.165) is 29.1 Å². The minimum atomic E-state index is -0.457. The Morgan fingerprint density at radius 2 is 2.17 bits per heavy atom. The van der Waals surface area contributed by atoms with Crippen LogP contribution in [0.15, 0.2) is 23.1 Å². The summed E-state index contributed by atoms with van der Waals surface area (Å²) in [6.45, 7) is 7.08. The van der Waals surface area contributed by atoms with Gasteiger partial charge in [-0.15, -0.1) is 11.8 Å². The summed E-state index contributed by atoms with van der Waals surface area (Å²) in [4.78, 5) is 26.4. The third-order valence-electron chi connectivity index (χ3n) is 3.80. The molecule has 1 N–H and O–H groups in total. The molecule has 5 nitrogen and oxygen atoms in total. The van der Waals surface area contributed by atoms with E-state index in [1.807, 2.05) is 32.9 Å². The summed E-state index contributed by atoms with van der Waals surface area (Å²) in [5.41, 5.74) is 1.52. The second-order valence-electron chi connectivity index (χ2n) is 7.00. The van der Waals surface area contributed by atoms with E-state index in [-0.39, 0.29) is 12.0 Å². The quantitative estimate of drug-likeness (QED) is 0.902. The number of ether oxygens (including phenoxy) is 1. The van der Waals surface area contributed by atoms with E-state index in [1.165, 1.54) is 0 Å². The summed E-state index contributed by atoms with van der Waals surface area (Å²) in [5.74, 6) is 0.0547. The molecule has 1 fully saturated rings. The number of fused-ring (bicyclic) bond motifs is 1. The summed E-state index contributed by atoms with van der Waals surface area (Å²) in [6, 6.07) is 6.07. The minimum Gasteiger partial charge on any atom is -0.444 e. The van der Waals surface area contributed by atoms with Gasteiger partial charge in [0.05, 0.1) is 6.42 Å². The normalized spacial score (nSPS) is 20.4. The van der Waals surface area contributed by atoms with E-state index in [2.05, 4.69) is 11.4 Å². The Balaban J connectivity index is 1.57. The molecule has 2 amide bonds. The molecule has 0 spiro atoms. The highest BCUT2D eigenvalue weighted by molar-refractivity contribution is 8.00. The predicted molar refractivity (Wildman–Crippen MR) is 90.8 cm³/mol. The average Bonchev–Trinajstić information content (AvgIpc) is 3.02. The molecule has 3 rings (SSSR count). The molecule has 1 saturated heterocycles. The lowest BCUT2D eigenvalue weighted by molar-refractivity contribution is -0.115. The highest BCUT2D eigenvalue weighted by Gasteiger charge is 2.30. The van der Waals surface area contributed by atoms with Gasteiger partial charge in [0.1, 0.15) is 5.60 Å². The van der Waals surface area contributed by atoms with Gasteiger partial charge in [0.2, 0.25) is 5.91 Å². The summed E-state index contributed by atoms with van der Waals surface area (Å²) in [7, 11) is 0. The second kappa shape index (κ2) is 6.07. The first-order chi connectivity index (χ1) is 10.8. The molecular weight excluding hydrogens is 312 g/mol. The number of likely N-dealkylation sites (tertiary alicyclic amines) is 1. The van der Waals surface area contributed by atoms with E-state index >= 15 is 0 Å². The predicted octanol–water partition coefficient (Wildman–Crippen LogP) is 3.28. The van der Waals surface area contributed by atoms with Crippen LogP contribution >= 0.6 is 11.8 Å². The van der Waals surface area contributed by atoms with Crippen molar-refractivity contribution in [3.05, 3.63) is 23.8 Å². The van der Waals surface area contributed by atoms with E-state index in [9.17, 15) is 9.59 Å². The van der Waals surface area contributed by atoms with Gasteiger partial charge >= 0.3 is 6.09 Å². The van der Waals surface area contributed by atoms with Crippen LogP contribution in [0.2, 0.25) is 0 Å². The molecule has 1 aromatic carbocycles. The number of carbonyl (C=O) groups is 2. The number of amides is 2. The largest absolute Gasteiger partial charge is 0.444 e. The van der Waals surface area contributed by atoms with Crippen molar-refractivity contribution in [2.45, 2.75) is 49.4 Å². The molecule has 2 aliphatic rings. The van der Waals surface area contributed by atoms with E-state index in [0.29, 0.717) is 18.2 Å². The molecule has 2 aliphatic heterocycles. The van der Waals surface area contributed by atoms with Crippen molar-refractivity contribution in [2.75, 3.05) is 18.4 Å². The van der Waals surface area contributed by atoms with Crippen LogP contribution in [0.4, 0.5) is 10.5 Å². The Morgan fingerprint density at radius 1 is 1.39 bits per heavy atom. The number of carbonyl (C=O) groups excluding carboxylic acids is 2. The lowest BCUT2D eigenvalue weighted by Crippen LogP contribution is -2.35. The minimum absolute atomic E-state index is 0.0547. The Kier molecular flexibility index (Phi) is 4.27. The van der Waals surface area contributed by atoms with Crippen LogP contribution in [0.1, 0.15) is 32.8 Å². The van der Waals surface area contributed by atoms with Gasteiger partial charge in [-0.1, -0.05) is 0 Å². The Labute approximate surface area is 140 Å². The fourth-order valence-electron chi connectivity index (χ4n) is 2.79. The van der Waals surface area contributed by atoms with Crippen LogP contribution in [0.5, 0.6) is 0 Å². The fraction of sp³-hybridized carbons (Fsp3) is 0.529. The SMILES string of the molecule is CC(C)(C)OC(=O)N1CCC(Sc2ccc3c(c2)CC(=O)N3)C1. The zero-order chi connectivity index (χ0) is 16.6. The Morgan fingerprint density at radius 3 is 2.91 bits per heavy atom. The lowest BCUT2D eigenvalue weighted by atomic mass is 10.2. The number of nitrogens with one attached hydrogen (secondary N) is 1. The number of rotatable bonds is 2. The van der Waals surface area contributed by atoms with Crippen LogP contribution in [-0.2, 0) is 16.0 Å². The molecule has 6 heteroatoms. The topological polar surface area (TPSA) is 58.6 Å². The van der Waals surface area contributed by atoms with Crippen LogP contribution in [0.25, 0.3) is 0 Å². The molecule has 0 bridgehead atoms. The Bertz CT molecular complexity index is 639. The third-order valence-corrected chi connectivity index (χ3v) is 5.05. The van der Waals surface area contributed by atoms with Crippen LogP contribution < -0.4 is 5.32 Å². The fourth-order valence-corrected chi connectivity index (χ4v) is 4.01. The van der Waals surface area contributed by atoms with Gasteiger partial charge in [-0.2, -0.15) is 0 Å². The molecule has 124 valence electrons. The highest BCUT2D eigenvalue weighted by Crippen LogP contribution is 2.34. The number of hydrogen-bond donors (Lipinski definition) is 1. The maximum absolute atomic E-state index is 12.1. The molecule has 0 saturated carbocycles. The standard InChI is InChI=1S/C17H22N2O3S/c1-17(2,3)22-16(21)19-7-6-13(10-19)23-12-4-5-14-11(8-12)9-15(20)18-14/h4-5,8,13H,6-7,9-10H2,1-3H3,(H,18,20). The van der Waals surface area contributed by atoms with Crippen molar-refractivity contribution in [1.29, 1.82) is 0 Å². The summed E-state index contributed by atoms with van der Waals surface area (Å²) in [5, 5.41) is 3.21. The molecule has 2 heterocycles. The average molecular weight is 334 g/mol.